The average molecular weight is 846 g/mol. The van der Waals surface area contributed by atoms with Gasteiger partial charge in [0.25, 0.3) is 0 Å². The van der Waals surface area contributed by atoms with Crippen molar-refractivity contribution in [3.8, 4) is 11.1 Å². The summed E-state index contributed by atoms with van der Waals surface area (Å²) in [5, 5.41) is 2.46. The molecular formula is C38H32Br2Cl4N4. The molecule has 0 atom stereocenters. The van der Waals surface area contributed by atoms with Crippen LogP contribution in [0.25, 0.3) is 11.1 Å². The van der Waals surface area contributed by atoms with Crippen LogP contribution in [0.4, 0.5) is 22.7 Å². The molecule has 0 aliphatic rings. The van der Waals surface area contributed by atoms with Crippen molar-refractivity contribution in [2.45, 2.75) is 13.1 Å². The zero-order chi connectivity index (χ0) is 32.2. The SMILES string of the molecule is CN(c1cc[n+](Cc2cccc(-c3cccc(C[n+]4ccc(N(C)c5cc(Cl)cc(Cl)c5)cc4)c3)c2)cc1)c1cc(Cl)cc(Cl)c1.[Br-].[Br-]. The van der Waals surface area contributed by atoms with E-state index in [1.165, 1.54) is 22.3 Å². The molecule has 10 heteroatoms. The Bertz CT molecular complexity index is 1800. The molecule has 246 valence electrons. The third kappa shape index (κ3) is 9.53. The molecule has 0 saturated heterocycles. The van der Waals surface area contributed by atoms with Crippen LogP contribution in [0.15, 0.2) is 134 Å². The van der Waals surface area contributed by atoms with E-state index in [4.69, 9.17) is 46.4 Å². The van der Waals surface area contributed by atoms with Crippen molar-refractivity contribution < 1.29 is 43.1 Å². The van der Waals surface area contributed by atoms with Crippen LogP contribution >= 0.6 is 46.4 Å². The lowest BCUT2D eigenvalue weighted by atomic mass is 10.0. The zero-order valence-corrected chi connectivity index (χ0v) is 32.4. The van der Waals surface area contributed by atoms with E-state index in [1.807, 2.05) is 38.4 Å². The predicted molar refractivity (Wildman–Crippen MR) is 192 cm³/mol. The molecule has 0 N–H and O–H groups in total. The Morgan fingerprint density at radius 1 is 0.438 bits per heavy atom. The predicted octanol–water partition coefficient (Wildman–Crippen LogP) is 4.18. The molecule has 0 spiro atoms. The normalized spacial score (nSPS) is 10.5. The Morgan fingerprint density at radius 3 is 1.10 bits per heavy atom. The van der Waals surface area contributed by atoms with Crippen molar-refractivity contribution >= 4 is 69.2 Å². The number of rotatable bonds is 9. The number of nitrogens with zero attached hydrogens (tertiary/aromatic N) is 4. The number of pyridine rings is 2. The second kappa shape index (κ2) is 17.0. The van der Waals surface area contributed by atoms with Crippen LogP contribution in [0.3, 0.4) is 0 Å². The topological polar surface area (TPSA) is 14.2 Å². The van der Waals surface area contributed by atoms with Crippen LogP contribution in [-0.2, 0) is 13.1 Å². The minimum absolute atomic E-state index is 0. The van der Waals surface area contributed by atoms with Crippen LogP contribution in [0.1, 0.15) is 11.1 Å². The van der Waals surface area contributed by atoms with Gasteiger partial charge in [0.05, 0.1) is 11.4 Å². The summed E-state index contributed by atoms with van der Waals surface area (Å²) in [6.45, 7) is 1.52. The molecule has 0 unspecified atom stereocenters. The third-order valence-electron chi connectivity index (χ3n) is 7.91. The van der Waals surface area contributed by atoms with E-state index in [2.05, 4.69) is 117 Å². The highest BCUT2D eigenvalue weighted by Crippen LogP contribution is 2.30. The molecule has 6 rings (SSSR count). The zero-order valence-electron chi connectivity index (χ0n) is 26.2. The number of halogens is 6. The van der Waals surface area contributed by atoms with E-state index in [9.17, 15) is 0 Å². The first-order chi connectivity index (χ1) is 22.2. The number of benzene rings is 4. The maximum absolute atomic E-state index is 6.21. The van der Waals surface area contributed by atoms with Crippen molar-refractivity contribution in [1.29, 1.82) is 0 Å². The second-order valence-electron chi connectivity index (χ2n) is 11.2. The first kappa shape index (κ1) is 37.7. The Hall–Kier alpha value is -3.10. The largest absolute Gasteiger partial charge is 1.00 e. The summed E-state index contributed by atoms with van der Waals surface area (Å²) in [6.07, 6.45) is 8.37. The molecule has 2 aromatic heterocycles. The molecule has 0 radical (unpaired) electrons. The van der Waals surface area contributed by atoms with Gasteiger partial charge in [-0.2, -0.15) is 0 Å². The fourth-order valence-electron chi connectivity index (χ4n) is 5.44. The molecule has 4 nitrogen and oxygen atoms in total. The Kier molecular flexibility index (Phi) is 13.4. The summed E-state index contributed by atoms with van der Waals surface area (Å²) in [6, 6.07) is 36.9. The first-order valence-corrected chi connectivity index (χ1v) is 16.3. The van der Waals surface area contributed by atoms with Gasteiger partial charge in [0.2, 0.25) is 0 Å². The molecule has 0 bridgehead atoms. The first-order valence-electron chi connectivity index (χ1n) is 14.8. The molecule has 0 aliphatic heterocycles. The van der Waals surface area contributed by atoms with Crippen molar-refractivity contribution in [3.63, 3.8) is 0 Å². The summed E-state index contributed by atoms with van der Waals surface area (Å²) < 4.78 is 4.35. The fourth-order valence-corrected chi connectivity index (χ4v) is 6.47. The van der Waals surface area contributed by atoms with Gasteiger partial charge >= 0.3 is 0 Å². The van der Waals surface area contributed by atoms with Gasteiger partial charge in [0.1, 0.15) is 0 Å². The molecular weight excluding hydrogens is 814 g/mol. The number of hydrogen-bond acceptors (Lipinski definition) is 2. The van der Waals surface area contributed by atoms with Crippen LogP contribution in [-0.4, -0.2) is 14.1 Å². The molecule has 4 aromatic carbocycles. The molecule has 2 heterocycles. The summed E-state index contributed by atoms with van der Waals surface area (Å²) in [5.41, 5.74) is 8.81. The third-order valence-corrected chi connectivity index (χ3v) is 8.78. The van der Waals surface area contributed by atoms with Gasteiger partial charge in [-0.1, -0.05) is 82.8 Å². The van der Waals surface area contributed by atoms with Crippen LogP contribution in [0, 0.1) is 0 Å². The monoisotopic (exact) mass is 842 g/mol. The van der Waals surface area contributed by atoms with Gasteiger partial charge < -0.3 is 43.8 Å². The van der Waals surface area contributed by atoms with Crippen LogP contribution in [0.5, 0.6) is 0 Å². The van der Waals surface area contributed by atoms with Crippen molar-refractivity contribution in [2.24, 2.45) is 0 Å². The summed E-state index contributed by atoms with van der Waals surface area (Å²) in [4.78, 5) is 4.14. The molecule has 48 heavy (non-hydrogen) atoms. The summed E-state index contributed by atoms with van der Waals surface area (Å²) in [7, 11) is 4.01. The highest BCUT2D eigenvalue weighted by molar-refractivity contribution is 6.35. The van der Waals surface area contributed by atoms with Crippen molar-refractivity contribution in [1.82, 2.24) is 0 Å². The Balaban J connectivity index is 0.00000260. The highest BCUT2D eigenvalue weighted by atomic mass is 79.9. The molecule has 0 aliphatic carbocycles. The van der Waals surface area contributed by atoms with Crippen molar-refractivity contribution in [3.05, 3.63) is 165 Å². The van der Waals surface area contributed by atoms with E-state index >= 15 is 0 Å². The summed E-state index contributed by atoms with van der Waals surface area (Å²) >= 11 is 24.9. The number of anilines is 4. The van der Waals surface area contributed by atoms with Crippen LogP contribution in [0.2, 0.25) is 20.1 Å². The summed E-state index contributed by atoms with van der Waals surface area (Å²) in [5.74, 6) is 0. The van der Waals surface area contributed by atoms with Gasteiger partial charge in [0.15, 0.2) is 37.9 Å². The minimum atomic E-state index is 0. The highest BCUT2D eigenvalue weighted by Gasteiger charge is 2.12. The van der Waals surface area contributed by atoms with Gasteiger partial charge in [-0.25, -0.2) is 9.13 Å². The Morgan fingerprint density at radius 2 is 0.771 bits per heavy atom. The smallest absolute Gasteiger partial charge is 0.173 e. The number of aromatic nitrogens is 2. The number of hydrogen-bond donors (Lipinski definition) is 0. The molecule has 0 saturated carbocycles. The minimum Gasteiger partial charge on any atom is -1.00 e. The van der Waals surface area contributed by atoms with Gasteiger partial charge in [-0.15, -0.1) is 0 Å². The fraction of sp³-hybridized carbons (Fsp3) is 0.105. The molecule has 0 fully saturated rings. The van der Waals surface area contributed by atoms with E-state index in [1.54, 1.807) is 12.1 Å². The molecule has 0 amide bonds. The standard InChI is InChI=1S/C38H32Cl4N4.2BrH/c1-43(37-21-31(39)19-32(40)22-37)35-9-13-45(14-10-35)25-27-5-3-7-29(17-27)30-8-4-6-28(18-30)26-46-15-11-36(12-16-46)44(2)38-23-33(41)20-34(42)24-38;;/h3-24H,25-26H2,1-2H3;2*1H/q+2;;/p-2. The van der Waals surface area contributed by atoms with Crippen molar-refractivity contribution in [2.75, 3.05) is 23.9 Å². The second-order valence-corrected chi connectivity index (χ2v) is 13.0. The average Bonchev–Trinajstić information content (AvgIpc) is 3.04. The lowest BCUT2D eigenvalue weighted by molar-refractivity contribution is -0.688. The van der Waals surface area contributed by atoms with Gasteiger partial charge in [0, 0.05) is 81.0 Å². The van der Waals surface area contributed by atoms with E-state index < -0.39 is 0 Å². The van der Waals surface area contributed by atoms with Crippen LogP contribution < -0.4 is 52.9 Å². The van der Waals surface area contributed by atoms with Gasteiger partial charge in [-0.3, -0.25) is 0 Å². The lowest BCUT2D eigenvalue weighted by Gasteiger charge is -2.19. The Labute approximate surface area is 323 Å². The lowest BCUT2D eigenvalue weighted by Crippen LogP contribution is -3.00. The van der Waals surface area contributed by atoms with E-state index in [0.717, 1.165) is 35.8 Å². The quantitative estimate of drug-likeness (QED) is 0.203. The van der Waals surface area contributed by atoms with E-state index in [-0.39, 0.29) is 34.0 Å². The van der Waals surface area contributed by atoms with E-state index in [0.29, 0.717) is 20.1 Å². The molecule has 6 aromatic rings. The maximum Gasteiger partial charge on any atom is 0.173 e. The van der Waals surface area contributed by atoms with Gasteiger partial charge in [-0.05, 0) is 59.7 Å². The maximum atomic E-state index is 6.21.